The summed E-state index contributed by atoms with van der Waals surface area (Å²) in [6, 6.07) is -0.724. The molecule has 1 aliphatic rings. The maximum Gasteiger partial charge on any atom is 0.306 e. The van der Waals surface area contributed by atoms with E-state index in [-0.39, 0.29) is 42.3 Å². The Morgan fingerprint density at radius 1 is 1.15 bits per heavy atom. The first-order valence-electron chi connectivity index (χ1n) is 13.6. The van der Waals surface area contributed by atoms with Crippen molar-refractivity contribution in [2.45, 2.75) is 84.9 Å². The van der Waals surface area contributed by atoms with Gasteiger partial charge in [-0.25, -0.2) is 15.0 Å². The monoisotopic (exact) mass is 573 g/mol. The van der Waals surface area contributed by atoms with Crippen LogP contribution >= 0.6 is 11.3 Å². The van der Waals surface area contributed by atoms with E-state index >= 15 is 0 Å². The molecule has 1 fully saturated rings. The molecule has 12 heteroatoms. The molecule has 1 aliphatic carbocycles. The van der Waals surface area contributed by atoms with Crippen LogP contribution in [0.4, 0.5) is 0 Å². The number of amides is 2. The van der Waals surface area contributed by atoms with Crippen LogP contribution < -0.4 is 5.32 Å². The minimum atomic E-state index is -0.964. The van der Waals surface area contributed by atoms with Crippen molar-refractivity contribution < 1.29 is 29.0 Å². The first-order chi connectivity index (χ1) is 18.8. The number of hydrogen-bond donors (Lipinski definition) is 2. The zero-order chi connectivity index (χ0) is 29.6. The molecule has 4 atom stereocenters. The topological polar surface area (TPSA) is 152 Å². The van der Waals surface area contributed by atoms with Crippen molar-refractivity contribution in [3.05, 3.63) is 39.9 Å². The van der Waals surface area contributed by atoms with E-state index in [0.29, 0.717) is 17.3 Å². The molecular weight excluding hydrogens is 534 g/mol. The molecule has 2 aromatic rings. The third-order valence-electron chi connectivity index (χ3n) is 6.99. The zero-order valence-electron chi connectivity index (χ0n) is 23.9. The van der Waals surface area contributed by atoms with E-state index in [2.05, 4.69) is 20.3 Å². The molecular formula is C28H39N5O6S. The standard InChI is InChI=1S/C28H39N5O6S/c1-15(2)22(33(6)27(36)19-7-8-19)11-23(39-18(5)34)26-32-21(14-40-26)25(35)31-20(9-17(4)28(37)38)10-24-29-12-16(3)13-30-24/h12-15,17,19-20,22-23H,7-11H2,1-6H3,(H,31,35)(H,37,38)/t17?,20-,22?,23?/m1/s1. The molecule has 1 saturated carbocycles. The van der Waals surface area contributed by atoms with Gasteiger partial charge in [0.2, 0.25) is 5.91 Å². The number of carbonyl (C=O) groups excluding carboxylic acids is 3. The van der Waals surface area contributed by atoms with Crippen molar-refractivity contribution in [1.82, 2.24) is 25.2 Å². The largest absolute Gasteiger partial charge is 0.481 e. The highest BCUT2D eigenvalue weighted by Crippen LogP contribution is 2.35. The van der Waals surface area contributed by atoms with Gasteiger partial charge in [0.05, 0.1) is 5.92 Å². The summed E-state index contributed by atoms with van der Waals surface area (Å²) in [5.41, 5.74) is 1.03. The van der Waals surface area contributed by atoms with Gasteiger partial charge in [0.25, 0.3) is 5.91 Å². The van der Waals surface area contributed by atoms with Crippen LogP contribution in [0.15, 0.2) is 17.8 Å². The molecule has 3 unspecified atom stereocenters. The van der Waals surface area contributed by atoms with Gasteiger partial charge in [-0.05, 0) is 37.7 Å². The fraction of sp³-hybridized carbons (Fsp3) is 0.607. The number of aryl methyl sites for hydroxylation is 1. The van der Waals surface area contributed by atoms with Crippen molar-refractivity contribution in [2.24, 2.45) is 17.8 Å². The van der Waals surface area contributed by atoms with E-state index in [1.54, 1.807) is 36.6 Å². The van der Waals surface area contributed by atoms with Crippen molar-refractivity contribution in [2.75, 3.05) is 7.05 Å². The number of ether oxygens (including phenoxy) is 1. The molecule has 0 bridgehead atoms. The molecule has 0 aromatic carbocycles. The van der Waals surface area contributed by atoms with Crippen molar-refractivity contribution in [1.29, 1.82) is 0 Å². The second-order valence-corrected chi connectivity index (χ2v) is 11.9. The Labute approximate surface area is 238 Å². The highest BCUT2D eigenvalue weighted by Gasteiger charge is 2.37. The van der Waals surface area contributed by atoms with Crippen LogP contribution in [0.2, 0.25) is 0 Å². The maximum absolute atomic E-state index is 13.2. The molecule has 11 nitrogen and oxygen atoms in total. The summed E-state index contributed by atoms with van der Waals surface area (Å²) >= 11 is 1.20. The number of nitrogens with one attached hydrogen (secondary N) is 1. The van der Waals surface area contributed by atoms with Gasteiger partial charge in [-0.3, -0.25) is 19.2 Å². The van der Waals surface area contributed by atoms with Crippen molar-refractivity contribution in [3.63, 3.8) is 0 Å². The lowest BCUT2D eigenvalue weighted by atomic mass is 9.96. The molecule has 0 saturated heterocycles. The van der Waals surface area contributed by atoms with Gasteiger partial charge in [0.15, 0.2) is 6.10 Å². The molecule has 218 valence electrons. The quantitative estimate of drug-likeness (QED) is 0.323. The fourth-order valence-corrected chi connectivity index (χ4v) is 5.38. The van der Waals surface area contributed by atoms with E-state index in [0.717, 1.165) is 18.4 Å². The Hall–Kier alpha value is -3.41. The summed E-state index contributed by atoms with van der Waals surface area (Å²) < 4.78 is 5.62. The Balaban J connectivity index is 1.77. The molecule has 2 aromatic heterocycles. The third kappa shape index (κ3) is 8.80. The molecule has 0 spiro atoms. The van der Waals surface area contributed by atoms with Crippen LogP contribution in [-0.2, 0) is 25.5 Å². The predicted octanol–water partition coefficient (Wildman–Crippen LogP) is 3.58. The van der Waals surface area contributed by atoms with Gasteiger partial charge < -0.3 is 20.1 Å². The van der Waals surface area contributed by atoms with E-state index in [1.807, 2.05) is 20.8 Å². The van der Waals surface area contributed by atoms with Gasteiger partial charge in [-0.15, -0.1) is 11.3 Å². The Bertz CT molecular complexity index is 1200. The summed E-state index contributed by atoms with van der Waals surface area (Å²) in [5.74, 6) is -1.85. The Morgan fingerprint density at radius 2 is 1.80 bits per heavy atom. The number of nitrogens with zero attached hydrogens (tertiary/aromatic N) is 4. The first kappa shape index (κ1) is 31.1. The number of rotatable bonds is 14. The summed E-state index contributed by atoms with van der Waals surface area (Å²) in [6.07, 6.45) is 5.20. The molecule has 0 aliphatic heterocycles. The number of carboxylic acids is 1. The van der Waals surface area contributed by atoms with E-state index in [9.17, 15) is 24.3 Å². The van der Waals surface area contributed by atoms with E-state index in [4.69, 9.17) is 4.74 Å². The lowest BCUT2D eigenvalue weighted by Gasteiger charge is -2.33. The fourth-order valence-electron chi connectivity index (χ4n) is 4.54. The summed E-state index contributed by atoms with van der Waals surface area (Å²) in [6.45, 7) is 8.80. The Morgan fingerprint density at radius 3 is 2.35 bits per heavy atom. The molecule has 2 N–H and O–H groups in total. The predicted molar refractivity (Wildman–Crippen MR) is 149 cm³/mol. The van der Waals surface area contributed by atoms with Gasteiger partial charge in [-0.1, -0.05) is 20.8 Å². The lowest BCUT2D eigenvalue weighted by Crippen LogP contribution is -2.42. The van der Waals surface area contributed by atoms with Crippen LogP contribution in [0.25, 0.3) is 0 Å². The minimum absolute atomic E-state index is 0.0655. The number of hydrogen-bond acceptors (Lipinski definition) is 9. The second-order valence-electron chi connectivity index (χ2n) is 11.0. The van der Waals surface area contributed by atoms with Crippen LogP contribution in [0, 0.1) is 24.7 Å². The molecule has 3 rings (SSSR count). The van der Waals surface area contributed by atoms with Crippen molar-refractivity contribution >= 4 is 35.1 Å². The number of aromatic nitrogens is 3. The van der Waals surface area contributed by atoms with Gasteiger partial charge in [0.1, 0.15) is 16.5 Å². The average molecular weight is 574 g/mol. The summed E-state index contributed by atoms with van der Waals surface area (Å²) in [5, 5.41) is 14.3. The zero-order valence-corrected chi connectivity index (χ0v) is 24.7. The van der Waals surface area contributed by atoms with Gasteiger partial charge in [0, 0.05) is 62.6 Å². The number of esters is 1. The molecule has 40 heavy (non-hydrogen) atoms. The van der Waals surface area contributed by atoms with Gasteiger partial charge >= 0.3 is 11.9 Å². The average Bonchev–Trinajstić information content (AvgIpc) is 3.62. The smallest absolute Gasteiger partial charge is 0.306 e. The first-order valence-corrected chi connectivity index (χ1v) is 14.4. The molecule has 2 amide bonds. The number of aliphatic carboxylic acids is 1. The summed E-state index contributed by atoms with van der Waals surface area (Å²) in [7, 11) is 1.78. The highest BCUT2D eigenvalue weighted by molar-refractivity contribution is 7.09. The molecule has 0 radical (unpaired) electrons. The molecule has 2 heterocycles. The van der Waals surface area contributed by atoms with Crippen LogP contribution in [0.5, 0.6) is 0 Å². The summed E-state index contributed by atoms with van der Waals surface area (Å²) in [4.78, 5) is 64.3. The van der Waals surface area contributed by atoms with Gasteiger partial charge in [-0.2, -0.15) is 0 Å². The van der Waals surface area contributed by atoms with Crippen LogP contribution in [-0.4, -0.2) is 67.8 Å². The third-order valence-corrected chi connectivity index (χ3v) is 7.93. The van der Waals surface area contributed by atoms with E-state index < -0.39 is 35.9 Å². The van der Waals surface area contributed by atoms with E-state index in [1.165, 1.54) is 18.3 Å². The Kier molecular flexibility index (Phi) is 10.7. The number of carboxylic acid groups (broad SMARTS) is 1. The number of carbonyl (C=O) groups is 4. The maximum atomic E-state index is 13.2. The van der Waals surface area contributed by atoms with Crippen LogP contribution in [0.1, 0.15) is 86.4 Å². The number of thiazole rings is 1. The van der Waals surface area contributed by atoms with Crippen molar-refractivity contribution in [3.8, 4) is 0 Å². The lowest BCUT2D eigenvalue weighted by molar-refractivity contribution is -0.148. The SMILES string of the molecule is CC(=O)OC(CC(C(C)C)N(C)C(=O)C1CC1)c1nc(C(=O)N[C@@H](Cc2ncc(C)cn2)CC(C)C(=O)O)cs1. The highest BCUT2D eigenvalue weighted by atomic mass is 32.1. The van der Waals surface area contributed by atoms with Crippen LogP contribution in [0.3, 0.4) is 0 Å². The second kappa shape index (κ2) is 13.8. The normalized spacial score (nSPS) is 16.1. The minimum Gasteiger partial charge on any atom is -0.481 e.